The van der Waals surface area contributed by atoms with Crippen molar-refractivity contribution >= 4 is 0 Å². The first-order valence-corrected chi connectivity index (χ1v) is 7.27. The molecule has 1 unspecified atom stereocenters. The van der Waals surface area contributed by atoms with Gasteiger partial charge in [0.15, 0.2) is 0 Å². The topological polar surface area (TPSA) is 28.4 Å². The number of rotatable bonds is 6. The van der Waals surface area contributed by atoms with Crippen molar-refractivity contribution in [1.82, 2.24) is 10.2 Å². The molecule has 1 saturated heterocycles. The molecule has 0 aromatic carbocycles. The van der Waals surface area contributed by atoms with Gasteiger partial charge in [-0.1, -0.05) is 13.8 Å². The van der Waals surface area contributed by atoms with Crippen molar-refractivity contribution < 1.29 is 4.42 Å². The van der Waals surface area contributed by atoms with Gasteiger partial charge in [-0.05, 0) is 45.3 Å². The van der Waals surface area contributed by atoms with Crippen LogP contribution in [0.2, 0.25) is 0 Å². The molecule has 0 aliphatic carbocycles. The predicted molar refractivity (Wildman–Crippen MR) is 74.5 cm³/mol. The highest BCUT2D eigenvalue weighted by atomic mass is 16.3. The highest BCUT2D eigenvalue weighted by molar-refractivity contribution is 5.21. The largest absolute Gasteiger partial charge is 0.465 e. The molecular weight excluding hydrogens is 224 g/mol. The molecule has 102 valence electrons. The lowest BCUT2D eigenvalue weighted by Crippen LogP contribution is -2.28. The summed E-state index contributed by atoms with van der Waals surface area (Å²) in [7, 11) is 0. The Labute approximate surface area is 111 Å². The molecule has 1 aliphatic heterocycles. The Bertz CT molecular complexity index is 373. The van der Waals surface area contributed by atoms with Gasteiger partial charge in [-0.25, -0.2) is 0 Å². The Kier molecular flexibility index (Phi) is 4.84. The molecule has 3 nitrogen and oxygen atoms in total. The quantitative estimate of drug-likeness (QED) is 0.841. The molecule has 1 aromatic heterocycles. The van der Waals surface area contributed by atoms with Crippen LogP contribution in [-0.2, 0) is 13.1 Å². The molecule has 1 aliphatic rings. The molecular formula is C15H26N2O. The minimum absolute atomic E-state index is 0.775. The summed E-state index contributed by atoms with van der Waals surface area (Å²) < 4.78 is 5.81. The fourth-order valence-corrected chi connectivity index (χ4v) is 2.86. The third kappa shape index (κ3) is 3.15. The van der Waals surface area contributed by atoms with Crippen molar-refractivity contribution in [3.05, 3.63) is 23.2 Å². The van der Waals surface area contributed by atoms with E-state index in [9.17, 15) is 0 Å². The number of aryl methyl sites for hydroxylation is 1. The van der Waals surface area contributed by atoms with Gasteiger partial charge in [0.2, 0.25) is 0 Å². The van der Waals surface area contributed by atoms with Gasteiger partial charge in [0, 0.05) is 18.2 Å². The van der Waals surface area contributed by atoms with Crippen LogP contribution in [0.1, 0.15) is 50.2 Å². The van der Waals surface area contributed by atoms with Gasteiger partial charge in [0.1, 0.15) is 11.5 Å². The van der Waals surface area contributed by atoms with E-state index in [2.05, 4.69) is 37.1 Å². The van der Waals surface area contributed by atoms with Gasteiger partial charge < -0.3 is 9.73 Å². The number of furan rings is 1. The zero-order valence-electron chi connectivity index (χ0n) is 12.0. The van der Waals surface area contributed by atoms with E-state index in [0.717, 1.165) is 37.2 Å². The van der Waals surface area contributed by atoms with Crippen molar-refractivity contribution in [2.75, 3.05) is 13.1 Å². The van der Waals surface area contributed by atoms with E-state index in [-0.39, 0.29) is 0 Å². The second kappa shape index (κ2) is 6.39. The van der Waals surface area contributed by atoms with Gasteiger partial charge in [-0.3, -0.25) is 4.90 Å². The number of nitrogens with one attached hydrogen (secondary N) is 1. The molecule has 0 saturated carbocycles. The summed E-state index contributed by atoms with van der Waals surface area (Å²) in [5.74, 6) is 2.15. The summed E-state index contributed by atoms with van der Waals surface area (Å²) >= 11 is 0. The molecule has 18 heavy (non-hydrogen) atoms. The second-order valence-electron chi connectivity index (χ2n) is 5.25. The van der Waals surface area contributed by atoms with E-state index >= 15 is 0 Å². The second-order valence-corrected chi connectivity index (χ2v) is 5.25. The third-order valence-corrected chi connectivity index (χ3v) is 3.96. The first-order chi connectivity index (χ1) is 8.74. The molecule has 2 heterocycles. The third-order valence-electron chi connectivity index (χ3n) is 3.96. The lowest BCUT2D eigenvalue weighted by molar-refractivity contribution is 0.238. The van der Waals surface area contributed by atoms with Crippen LogP contribution in [0.15, 0.2) is 10.5 Å². The van der Waals surface area contributed by atoms with Crippen molar-refractivity contribution in [2.45, 2.75) is 59.2 Å². The minimum atomic E-state index is 0.775. The first kappa shape index (κ1) is 13.6. The van der Waals surface area contributed by atoms with Crippen LogP contribution in [0.5, 0.6) is 0 Å². The molecule has 0 amide bonds. The summed E-state index contributed by atoms with van der Waals surface area (Å²) in [5, 5.41) is 3.31. The highest BCUT2D eigenvalue weighted by Crippen LogP contribution is 2.24. The molecule has 1 N–H and O–H groups in total. The van der Waals surface area contributed by atoms with Gasteiger partial charge in [0.05, 0.1) is 6.54 Å². The van der Waals surface area contributed by atoms with Crippen LogP contribution < -0.4 is 5.32 Å². The van der Waals surface area contributed by atoms with Crippen LogP contribution in [-0.4, -0.2) is 24.0 Å². The molecule has 1 aromatic rings. The Morgan fingerprint density at radius 2 is 2.28 bits per heavy atom. The van der Waals surface area contributed by atoms with Crippen molar-refractivity contribution in [3.8, 4) is 0 Å². The SMILES string of the molecule is CCNCc1cc(CN2CCCC2CC)c(C)o1. The summed E-state index contributed by atoms with van der Waals surface area (Å²) in [6.45, 7) is 10.6. The zero-order chi connectivity index (χ0) is 13.0. The molecule has 2 rings (SSSR count). The van der Waals surface area contributed by atoms with Gasteiger partial charge in [0.25, 0.3) is 0 Å². The summed E-state index contributed by atoms with van der Waals surface area (Å²) in [6, 6.07) is 3.00. The number of hydrogen-bond acceptors (Lipinski definition) is 3. The summed E-state index contributed by atoms with van der Waals surface area (Å²) in [5.41, 5.74) is 1.36. The van der Waals surface area contributed by atoms with Crippen LogP contribution in [0.4, 0.5) is 0 Å². The molecule has 1 atom stereocenters. The standard InChI is InChI=1S/C15H26N2O/c1-4-14-7-6-8-17(14)11-13-9-15(10-16-5-2)18-12(13)3/h9,14,16H,4-8,10-11H2,1-3H3. The molecule has 3 heteroatoms. The van der Waals surface area contributed by atoms with Crippen LogP contribution in [0.25, 0.3) is 0 Å². The Balaban J connectivity index is 1.98. The molecule has 0 radical (unpaired) electrons. The maximum Gasteiger partial charge on any atom is 0.118 e. The molecule has 0 bridgehead atoms. The number of likely N-dealkylation sites (tertiary alicyclic amines) is 1. The van der Waals surface area contributed by atoms with Crippen molar-refractivity contribution in [2.24, 2.45) is 0 Å². The van der Waals surface area contributed by atoms with Crippen molar-refractivity contribution in [1.29, 1.82) is 0 Å². The highest BCUT2D eigenvalue weighted by Gasteiger charge is 2.23. The molecule has 1 fully saturated rings. The van der Waals surface area contributed by atoms with Gasteiger partial charge in [-0.2, -0.15) is 0 Å². The summed E-state index contributed by atoms with van der Waals surface area (Å²) in [4.78, 5) is 2.61. The van der Waals surface area contributed by atoms with Gasteiger partial charge >= 0.3 is 0 Å². The number of hydrogen-bond donors (Lipinski definition) is 1. The fourth-order valence-electron chi connectivity index (χ4n) is 2.86. The first-order valence-electron chi connectivity index (χ1n) is 7.27. The van der Waals surface area contributed by atoms with E-state index < -0.39 is 0 Å². The van der Waals surface area contributed by atoms with Crippen LogP contribution in [0, 0.1) is 6.92 Å². The molecule has 0 spiro atoms. The maximum absolute atomic E-state index is 5.81. The average molecular weight is 250 g/mol. The fraction of sp³-hybridized carbons (Fsp3) is 0.733. The van der Waals surface area contributed by atoms with E-state index in [1.807, 2.05) is 0 Å². The van der Waals surface area contributed by atoms with E-state index in [4.69, 9.17) is 4.42 Å². The average Bonchev–Trinajstić information content (AvgIpc) is 2.95. The summed E-state index contributed by atoms with van der Waals surface area (Å²) in [6.07, 6.45) is 3.97. The van der Waals surface area contributed by atoms with E-state index in [0.29, 0.717) is 0 Å². The normalized spacial score (nSPS) is 20.7. The van der Waals surface area contributed by atoms with Crippen molar-refractivity contribution in [3.63, 3.8) is 0 Å². The monoisotopic (exact) mass is 250 g/mol. The maximum atomic E-state index is 5.81. The van der Waals surface area contributed by atoms with E-state index in [1.54, 1.807) is 0 Å². The van der Waals surface area contributed by atoms with Crippen LogP contribution in [0.3, 0.4) is 0 Å². The predicted octanol–water partition coefficient (Wildman–Crippen LogP) is 3.07. The van der Waals surface area contributed by atoms with Crippen LogP contribution >= 0.6 is 0 Å². The lowest BCUT2D eigenvalue weighted by Gasteiger charge is -2.22. The Morgan fingerprint density at radius 1 is 1.44 bits per heavy atom. The van der Waals surface area contributed by atoms with E-state index in [1.165, 1.54) is 31.4 Å². The number of nitrogens with zero attached hydrogens (tertiary/aromatic N) is 1. The zero-order valence-corrected chi connectivity index (χ0v) is 12.0. The van der Waals surface area contributed by atoms with Gasteiger partial charge in [-0.15, -0.1) is 0 Å². The smallest absolute Gasteiger partial charge is 0.118 e. The Hall–Kier alpha value is -0.800. The Morgan fingerprint density at radius 3 is 3.00 bits per heavy atom. The lowest BCUT2D eigenvalue weighted by atomic mass is 10.1. The minimum Gasteiger partial charge on any atom is -0.465 e.